The fraction of sp³-hybridized carbons (Fsp3) is 0.167. The molecule has 2 rings (SSSR count). The molecule has 1 aromatic heterocycles. The average Bonchev–Trinajstić information content (AvgIpc) is 2.57. The number of hydrogen-bond donors (Lipinski definition) is 1. The van der Waals surface area contributed by atoms with Crippen LogP contribution in [0, 0.1) is 12.3 Å². The van der Waals surface area contributed by atoms with Crippen molar-refractivity contribution in [2.75, 3.05) is 0 Å². The van der Waals surface area contributed by atoms with Gasteiger partial charge in [-0.3, -0.25) is 0 Å². The SMILES string of the molecule is C#C[C@@H](O)Cc1sc2ccccc2c1Cl. The van der Waals surface area contributed by atoms with Crippen molar-refractivity contribution in [3.63, 3.8) is 0 Å². The number of aliphatic hydroxyl groups excluding tert-OH is 1. The van der Waals surface area contributed by atoms with E-state index in [9.17, 15) is 5.11 Å². The normalized spacial score (nSPS) is 12.6. The molecule has 0 amide bonds. The predicted molar refractivity (Wildman–Crippen MR) is 65.4 cm³/mol. The van der Waals surface area contributed by atoms with Gasteiger partial charge in [0.15, 0.2) is 0 Å². The van der Waals surface area contributed by atoms with Gasteiger partial charge < -0.3 is 5.11 Å². The quantitative estimate of drug-likeness (QED) is 0.795. The summed E-state index contributed by atoms with van der Waals surface area (Å²) in [5.41, 5.74) is 0. The fourth-order valence-corrected chi connectivity index (χ4v) is 2.98. The van der Waals surface area contributed by atoms with E-state index in [2.05, 4.69) is 5.92 Å². The first-order chi connectivity index (χ1) is 7.22. The molecule has 0 aliphatic carbocycles. The highest BCUT2D eigenvalue weighted by Crippen LogP contribution is 2.35. The number of aliphatic hydroxyl groups is 1. The van der Waals surface area contributed by atoms with Crippen LogP contribution in [0.4, 0.5) is 0 Å². The maximum absolute atomic E-state index is 9.37. The minimum Gasteiger partial charge on any atom is -0.380 e. The zero-order chi connectivity index (χ0) is 10.8. The minimum atomic E-state index is -0.754. The third-order valence-corrected chi connectivity index (χ3v) is 3.91. The van der Waals surface area contributed by atoms with Crippen molar-refractivity contribution >= 4 is 33.0 Å². The second-order valence-corrected chi connectivity index (χ2v) is 4.74. The second-order valence-electron chi connectivity index (χ2n) is 3.22. The molecule has 3 heteroatoms. The summed E-state index contributed by atoms with van der Waals surface area (Å²) >= 11 is 7.77. The fourth-order valence-electron chi connectivity index (χ4n) is 1.43. The minimum absolute atomic E-state index is 0.425. The Morgan fingerprint density at radius 3 is 2.87 bits per heavy atom. The third kappa shape index (κ3) is 2.00. The Morgan fingerprint density at radius 2 is 2.20 bits per heavy atom. The molecule has 0 spiro atoms. The molecule has 1 atom stereocenters. The van der Waals surface area contributed by atoms with Crippen LogP contribution in [0.3, 0.4) is 0 Å². The Labute approximate surface area is 97.3 Å². The van der Waals surface area contributed by atoms with Crippen LogP contribution in [0.1, 0.15) is 4.88 Å². The van der Waals surface area contributed by atoms with E-state index in [-0.39, 0.29) is 0 Å². The van der Waals surface area contributed by atoms with E-state index in [1.54, 1.807) is 11.3 Å². The maximum Gasteiger partial charge on any atom is 0.119 e. The van der Waals surface area contributed by atoms with Crippen molar-refractivity contribution in [1.82, 2.24) is 0 Å². The number of halogens is 1. The van der Waals surface area contributed by atoms with Gasteiger partial charge in [0.05, 0.1) is 5.02 Å². The molecule has 0 saturated carbocycles. The third-order valence-electron chi connectivity index (χ3n) is 2.17. The molecule has 0 unspecified atom stereocenters. The van der Waals surface area contributed by atoms with Gasteiger partial charge in [0, 0.05) is 21.4 Å². The molecule has 1 aromatic carbocycles. The lowest BCUT2D eigenvalue weighted by molar-refractivity contribution is 0.234. The van der Waals surface area contributed by atoms with Gasteiger partial charge in [0.2, 0.25) is 0 Å². The molecule has 15 heavy (non-hydrogen) atoms. The number of thiophene rings is 1. The zero-order valence-electron chi connectivity index (χ0n) is 7.90. The van der Waals surface area contributed by atoms with E-state index in [1.807, 2.05) is 24.3 Å². The van der Waals surface area contributed by atoms with Crippen LogP contribution in [0.15, 0.2) is 24.3 Å². The van der Waals surface area contributed by atoms with E-state index >= 15 is 0 Å². The summed E-state index contributed by atoms with van der Waals surface area (Å²) in [5, 5.41) is 11.1. The molecular weight excluding hydrogens is 228 g/mol. The lowest BCUT2D eigenvalue weighted by atomic mass is 10.2. The van der Waals surface area contributed by atoms with Gasteiger partial charge in [-0.25, -0.2) is 0 Å². The number of hydrogen-bond acceptors (Lipinski definition) is 2. The Bertz CT molecular complexity index is 524. The van der Waals surface area contributed by atoms with Crippen molar-refractivity contribution in [2.24, 2.45) is 0 Å². The molecule has 0 aliphatic heterocycles. The Balaban J connectivity index is 2.45. The van der Waals surface area contributed by atoms with Crippen molar-refractivity contribution in [2.45, 2.75) is 12.5 Å². The van der Waals surface area contributed by atoms with Gasteiger partial charge in [-0.05, 0) is 6.07 Å². The van der Waals surface area contributed by atoms with Crippen LogP contribution >= 0.6 is 22.9 Å². The molecular formula is C12H9ClOS. The van der Waals surface area contributed by atoms with E-state index in [0.29, 0.717) is 11.4 Å². The van der Waals surface area contributed by atoms with Crippen LogP contribution < -0.4 is 0 Å². The molecule has 1 heterocycles. The summed E-state index contributed by atoms with van der Waals surface area (Å²) in [6.07, 6.45) is 4.80. The van der Waals surface area contributed by atoms with Gasteiger partial charge in [-0.1, -0.05) is 35.7 Å². The molecule has 0 radical (unpaired) electrons. The first-order valence-corrected chi connectivity index (χ1v) is 5.72. The smallest absolute Gasteiger partial charge is 0.119 e. The molecule has 0 aliphatic rings. The largest absolute Gasteiger partial charge is 0.380 e. The summed E-state index contributed by atoms with van der Waals surface area (Å²) < 4.78 is 1.13. The molecule has 0 bridgehead atoms. The predicted octanol–water partition coefficient (Wildman–Crippen LogP) is 3.09. The van der Waals surface area contributed by atoms with Gasteiger partial charge in [0.25, 0.3) is 0 Å². The maximum atomic E-state index is 9.37. The van der Waals surface area contributed by atoms with E-state index in [1.165, 1.54) is 0 Å². The summed E-state index contributed by atoms with van der Waals surface area (Å²) in [7, 11) is 0. The average molecular weight is 237 g/mol. The number of rotatable bonds is 2. The van der Waals surface area contributed by atoms with Crippen molar-refractivity contribution in [3.8, 4) is 12.3 Å². The van der Waals surface area contributed by atoms with Crippen molar-refractivity contribution < 1.29 is 5.11 Å². The molecule has 1 N–H and O–H groups in total. The molecule has 2 aromatic rings. The van der Waals surface area contributed by atoms with Crippen molar-refractivity contribution in [1.29, 1.82) is 0 Å². The summed E-state index contributed by atoms with van der Waals surface area (Å²) in [6.45, 7) is 0. The van der Waals surface area contributed by atoms with E-state index in [0.717, 1.165) is 15.0 Å². The van der Waals surface area contributed by atoms with Crippen LogP contribution in [0.2, 0.25) is 5.02 Å². The highest BCUT2D eigenvalue weighted by atomic mass is 35.5. The van der Waals surface area contributed by atoms with Gasteiger partial charge in [-0.15, -0.1) is 17.8 Å². The Morgan fingerprint density at radius 1 is 1.47 bits per heavy atom. The summed E-state index contributed by atoms with van der Waals surface area (Å²) in [4.78, 5) is 0.948. The van der Waals surface area contributed by atoms with Crippen LogP contribution in [0.5, 0.6) is 0 Å². The first kappa shape index (κ1) is 10.5. The number of terminal acetylenes is 1. The van der Waals surface area contributed by atoms with Gasteiger partial charge in [0.1, 0.15) is 6.10 Å². The van der Waals surface area contributed by atoms with Crippen LogP contribution in [0.25, 0.3) is 10.1 Å². The second kappa shape index (κ2) is 4.24. The van der Waals surface area contributed by atoms with E-state index < -0.39 is 6.10 Å². The molecule has 76 valence electrons. The molecule has 0 saturated heterocycles. The van der Waals surface area contributed by atoms with E-state index in [4.69, 9.17) is 18.0 Å². The van der Waals surface area contributed by atoms with Crippen molar-refractivity contribution in [3.05, 3.63) is 34.2 Å². The lowest BCUT2D eigenvalue weighted by Gasteiger charge is -2.00. The molecule has 1 nitrogen and oxygen atoms in total. The Hall–Kier alpha value is -1.01. The van der Waals surface area contributed by atoms with Gasteiger partial charge in [-0.2, -0.15) is 0 Å². The summed E-state index contributed by atoms with van der Waals surface area (Å²) in [6, 6.07) is 7.90. The van der Waals surface area contributed by atoms with Crippen LogP contribution in [-0.2, 0) is 6.42 Å². The number of fused-ring (bicyclic) bond motifs is 1. The van der Waals surface area contributed by atoms with Gasteiger partial charge >= 0.3 is 0 Å². The number of benzene rings is 1. The Kier molecular flexibility index (Phi) is 2.97. The monoisotopic (exact) mass is 236 g/mol. The zero-order valence-corrected chi connectivity index (χ0v) is 9.48. The molecule has 0 fully saturated rings. The lowest BCUT2D eigenvalue weighted by Crippen LogP contribution is -2.05. The van der Waals surface area contributed by atoms with Crippen LogP contribution in [-0.4, -0.2) is 11.2 Å². The highest BCUT2D eigenvalue weighted by molar-refractivity contribution is 7.19. The standard InChI is InChI=1S/C12H9ClOS/c1-2-8(14)7-11-12(13)9-5-3-4-6-10(9)15-11/h1,3-6,8,14H,7H2/t8-/m1/s1. The first-order valence-electron chi connectivity index (χ1n) is 4.52. The summed E-state index contributed by atoms with van der Waals surface area (Å²) in [5.74, 6) is 2.29. The highest BCUT2D eigenvalue weighted by Gasteiger charge is 2.12. The topological polar surface area (TPSA) is 20.2 Å².